The van der Waals surface area contributed by atoms with Crippen LogP contribution in [0.4, 0.5) is 11.4 Å². The molecule has 1 aliphatic rings. The number of hydrogen-bond acceptors (Lipinski definition) is 3. The molecule has 2 unspecified atom stereocenters. The van der Waals surface area contributed by atoms with E-state index in [2.05, 4.69) is 12.2 Å². The van der Waals surface area contributed by atoms with E-state index in [-0.39, 0.29) is 0 Å². The highest BCUT2D eigenvalue weighted by Gasteiger charge is 2.22. The van der Waals surface area contributed by atoms with E-state index >= 15 is 0 Å². The van der Waals surface area contributed by atoms with Crippen molar-refractivity contribution in [2.45, 2.75) is 26.3 Å². The normalized spacial score (nSPS) is 24.6. The number of nitrogens with two attached hydrogens (primary N) is 1. The van der Waals surface area contributed by atoms with Crippen LogP contribution in [0.2, 0.25) is 5.02 Å². The SMILES string of the molecule is Cc1cc(N)c(Cl)cc1NC1CCOCC1C. The van der Waals surface area contributed by atoms with Crippen LogP contribution >= 0.6 is 11.6 Å². The van der Waals surface area contributed by atoms with E-state index in [1.807, 2.05) is 19.1 Å². The second-order valence-electron chi connectivity index (χ2n) is 4.78. The predicted octanol–water partition coefficient (Wildman–Crippen LogP) is 3.07. The lowest BCUT2D eigenvalue weighted by Crippen LogP contribution is -2.36. The first kappa shape index (κ1) is 12.5. The van der Waals surface area contributed by atoms with Crippen LogP contribution in [0.25, 0.3) is 0 Å². The summed E-state index contributed by atoms with van der Waals surface area (Å²) in [5.41, 5.74) is 8.61. The van der Waals surface area contributed by atoms with Crippen molar-refractivity contribution in [3.05, 3.63) is 22.7 Å². The molecule has 4 heteroatoms. The minimum Gasteiger partial charge on any atom is -0.398 e. The average Bonchev–Trinajstić information content (AvgIpc) is 2.29. The van der Waals surface area contributed by atoms with Crippen molar-refractivity contribution >= 4 is 23.0 Å². The van der Waals surface area contributed by atoms with E-state index in [4.69, 9.17) is 22.1 Å². The second kappa shape index (κ2) is 5.15. The molecule has 94 valence electrons. The number of anilines is 2. The van der Waals surface area contributed by atoms with Crippen molar-refractivity contribution in [2.75, 3.05) is 24.3 Å². The molecule has 1 aliphatic heterocycles. The Morgan fingerprint density at radius 3 is 2.94 bits per heavy atom. The van der Waals surface area contributed by atoms with E-state index < -0.39 is 0 Å². The third-order valence-corrected chi connectivity index (χ3v) is 3.65. The monoisotopic (exact) mass is 254 g/mol. The smallest absolute Gasteiger partial charge is 0.0656 e. The van der Waals surface area contributed by atoms with Gasteiger partial charge in [0.1, 0.15) is 0 Å². The Bertz CT molecular complexity index is 409. The topological polar surface area (TPSA) is 47.3 Å². The molecule has 0 aromatic heterocycles. The van der Waals surface area contributed by atoms with E-state index in [1.54, 1.807) is 0 Å². The number of halogens is 1. The van der Waals surface area contributed by atoms with Crippen LogP contribution in [0.1, 0.15) is 18.9 Å². The standard InChI is InChI=1S/C13H19ClN2O/c1-8-5-11(15)10(14)6-13(8)16-12-3-4-17-7-9(12)2/h5-6,9,12,16H,3-4,7,15H2,1-2H3. The summed E-state index contributed by atoms with van der Waals surface area (Å²) in [6, 6.07) is 4.27. The van der Waals surface area contributed by atoms with E-state index in [0.29, 0.717) is 22.7 Å². The predicted molar refractivity (Wildman–Crippen MR) is 72.6 cm³/mol. The zero-order valence-corrected chi connectivity index (χ0v) is 11.1. The number of benzene rings is 1. The molecule has 0 spiro atoms. The lowest BCUT2D eigenvalue weighted by Gasteiger charge is -2.31. The average molecular weight is 255 g/mol. The van der Waals surface area contributed by atoms with Crippen molar-refractivity contribution in [1.82, 2.24) is 0 Å². The Balaban J connectivity index is 2.15. The molecule has 2 atom stereocenters. The molecule has 0 bridgehead atoms. The van der Waals surface area contributed by atoms with Gasteiger partial charge in [0, 0.05) is 18.3 Å². The molecule has 0 radical (unpaired) electrons. The summed E-state index contributed by atoms with van der Waals surface area (Å²) in [4.78, 5) is 0. The third kappa shape index (κ3) is 2.85. The van der Waals surface area contributed by atoms with Gasteiger partial charge in [0.15, 0.2) is 0 Å². The zero-order valence-electron chi connectivity index (χ0n) is 10.3. The van der Waals surface area contributed by atoms with Gasteiger partial charge in [0.05, 0.1) is 17.3 Å². The van der Waals surface area contributed by atoms with Gasteiger partial charge in [-0.1, -0.05) is 18.5 Å². The summed E-state index contributed by atoms with van der Waals surface area (Å²) in [7, 11) is 0. The van der Waals surface area contributed by atoms with Gasteiger partial charge in [-0.25, -0.2) is 0 Å². The Labute approximate surface area is 107 Å². The zero-order chi connectivity index (χ0) is 12.4. The van der Waals surface area contributed by atoms with Gasteiger partial charge in [0.2, 0.25) is 0 Å². The molecule has 2 rings (SSSR count). The van der Waals surface area contributed by atoms with Gasteiger partial charge < -0.3 is 15.8 Å². The maximum atomic E-state index is 6.05. The van der Waals surface area contributed by atoms with Crippen molar-refractivity contribution in [3.63, 3.8) is 0 Å². The van der Waals surface area contributed by atoms with Crippen LogP contribution in [0.3, 0.4) is 0 Å². The molecule has 17 heavy (non-hydrogen) atoms. The molecule has 3 N–H and O–H groups in total. The first-order valence-corrected chi connectivity index (χ1v) is 6.35. The molecule has 0 amide bonds. The van der Waals surface area contributed by atoms with Gasteiger partial charge in [-0.3, -0.25) is 0 Å². The fourth-order valence-corrected chi connectivity index (χ4v) is 2.32. The number of nitrogens with one attached hydrogen (secondary N) is 1. The maximum Gasteiger partial charge on any atom is 0.0656 e. The van der Waals surface area contributed by atoms with Crippen LogP contribution in [0.15, 0.2) is 12.1 Å². The van der Waals surface area contributed by atoms with Crippen LogP contribution in [0, 0.1) is 12.8 Å². The summed E-state index contributed by atoms with van der Waals surface area (Å²) in [5.74, 6) is 0.513. The van der Waals surface area contributed by atoms with Gasteiger partial charge in [0.25, 0.3) is 0 Å². The van der Waals surface area contributed by atoms with Gasteiger partial charge in [-0.2, -0.15) is 0 Å². The number of hydrogen-bond donors (Lipinski definition) is 2. The molecule has 1 aromatic carbocycles. The van der Waals surface area contributed by atoms with Crippen molar-refractivity contribution < 1.29 is 4.74 Å². The van der Waals surface area contributed by atoms with E-state index in [1.165, 1.54) is 0 Å². The van der Waals surface area contributed by atoms with Crippen LogP contribution in [-0.4, -0.2) is 19.3 Å². The first-order valence-electron chi connectivity index (χ1n) is 5.98. The minimum absolute atomic E-state index is 0.446. The highest BCUT2D eigenvalue weighted by atomic mass is 35.5. The van der Waals surface area contributed by atoms with E-state index in [0.717, 1.165) is 30.9 Å². The van der Waals surface area contributed by atoms with Gasteiger partial charge in [-0.15, -0.1) is 0 Å². The van der Waals surface area contributed by atoms with E-state index in [9.17, 15) is 0 Å². The number of aryl methyl sites for hydroxylation is 1. The lowest BCUT2D eigenvalue weighted by atomic mass is 9.97. The first-order chi connectivity index (χ1) is 8.08. The molecule has 1 heterocycles. The summed E-state index contributed by atoms with van der Waals surface area (Å²) in [6.07, 6.45) is 1.03. The molecule has 1 aromatic rings. The fraction of sp³-hybridized carbons (Fsp3) is 0.538. The Morgan fingerprint density at radius 2 is 2.24 bits per heavy atom. The van der Waals surface area contributed by atoms with Crippen LogP contribution in [-0.2, 0) is 4.74 Å². The lowest BCUT2D eigenvalue weighted by molar-refractivity contribution is 0.0537. The molecular formula is C13H19ClN2O. The summed E-state index contributed by atoms with van der Waals surface area (Å²) < 4.78 is 5.44. The quantitative estimate of drug-likeness (QED) is 0.798. The van der Waals surface area contributed by atoms with Crippen LogP contribution < -0.4 is 11.1 Å². The summed E-state index contributed by atoms with van der Waals surface area (Å²) in [5, 5.41) is 4.16. The Morgan fingerprint density at radius 1 is 1.47 bits per heavy atom. The number of nitrogen functional groups attached to an aromatic ring is 1. The van der Waals surface area contributed by atoms with Gasteiger partial charge >= 0.3 is 0 Å². The largest absolute Gasteiger partial charge is 0.398 e. The maximum absolute atomic E-state index is 6.05. The Kier molecular flexibility index (Phi) is 3.79. The number of ether oxygens (including phenoxy) is 1. The Hall–Kier alpha value is -0.930. The van der Waals surface area contributed by atoms with Crippen molar-refractivity contribution in [3.8, 4) is 0 Å². The molecule has 3 nitrogen and oxygen atoms in total. The number of rotatable bonds is 2. The molecule has 0 aliphatic carbocycles. The molecule has 1 fully saturated rings. The minimum atomic E-state index is 0.446. The highest BCUT2D eigenvalue weighted by Crippen LogP contribution is 2.29. The summed E-state index contributed by atoms with van der Waals surface area (Å²) >= 11 is 6.05. The second-order valence-corrected chi connectivity index (χ2v) is 5.19. The summed E-state index contributed by atoms with van der Waals surface area (Å²) in [6.45, 7) is 5.88. The third-order valence-electron chi connectivity index (χ3n) is 3.33. The van der Waals surface area contributed by atoms with Crippen molar-refractivity contribution in [1.29, 1.82) is 0 Å². The molecule has 0 saturated carbocycles. The van der Waals surface area contributed by atoms with Gasteiger partial charge in [-0.05, 0) is 37.0 Å². The fourth-order valence-electron chi connectivity index (χ4n) is 2.15. The highest BCUT2D eigenvalue weighted by molar-refractivity contribution is 6.33. The molecule has 1 saturated heterocycles. The van der Waals surface area contributed by atoms with Crippen LogP contribution in [0.5, 0.6) is 0 Å². The van der Waals surface area contributed by atoms with Crippen molar-refractivity contribution in [2.24, 2.45) is 5.92 Å². The molecular weight excluding hydrogens is 236 g/mol.